The Kier molecular flexibility index (Phi) is 4.50. The van der Waals surface area contributed by atoms with Crippen molar-refractivity contribution in [2.45, 2.75) is 38.7 Å². The first-order chi connectivity index (χ1) is 8.93. The van der Waals surface area contributed by atoms with E-state index in [2.05, 4.69) is 5.10 Å². The number of ketones is 1. The average Bonchev–Trinajstić information content (AvgIpc) is 2.60. The van der Waals surface area contributed by atoms with Gasteiger partial charge in [-0.05, 0) is 19.9 Å². The monoisotopic (exact) mass is 302 g/mol. The van der Waals surface area contributed by atoms with Crippen molar-refractivity contribution in [1.82, 2.24) is 9.78 Å². The number of rotatable bonds is 4. The second-order valence-electron chi connectivity index (χ2n) is 4.54. The van der Waals surface area contributed by atoms with Crippen molar-refractivity contribution in [3.8, 4) is 0 Å². The van der Waals surface area contributed by atoms with Gasteiger partial charge in [0, 0.05) is 12.2 Å². The molecule has 114 valence electrons. The maximum absolute atomic E-state index is 12.3. The van der Waals surface area contributed by atoms with E-state index in [1.165, 1.54) is 16.9 Å². The molecule has 1 aromatic rings. The second-order valence-corrected chi connectivity index (χ2v) is 4.54. The van der Waals surface area contributed by atoms with Crippen LogP contribution in [-0.4, -0.2) is 27.9 Å². The van der Waals surface area contributed by atoms with Gasteiger partial charge in [0.05, 0.1) is 12.1 Å². The number of carbonyl (C=O) groups is 1. The number of hydrogen-bond acceptors (Lipinski definition) is 2. The van der Waals surface area contributed by atoms with Gasteiger partial charge in [0.2, 0.25) is 5.92 Å². The third kappa shape index (κ3) is 3.97. The molecule has 0 atom stereocenters. The number of carbonyl (C=O) groups excluding carboxylic acids is 1. The normalized spacial score (nSPS) is 13.3. The quantitative estimate of drug-likeness (QED) is 0.800. The second kappa shape index (κ2) is 5.45. The summed E-state index contributed by atoms with van der Waals surface area (Å²) >= 11 is 0. The largest absolute Gasteiger partial charge is 0.407 e. The zero-order chi connectivity index (χ0) is 15.7. The molecule has 9 heteroatoms. The fourth-order valence-corrected chi connectivity index (χ4v) is 1.59. The van der Waals surface area contributed by atoms with E-state index in [1.54, 1.807) is 13.8 Å². The molecule has 0 aliphatic carbocycles. The molecular formula is C11H12F6N2O. The van der Waals surface area contributed by atoms with Crippen molar-refractivity contribution in [3.05, 3.63) is 18.0 Å². The Morgan fingerprint density at radius 1 is 1.20 bits per heavy atom. The lowest BCUT2D eigenvalue weighted by molar-refractivity contribution is -0.273. The molecule has 0 unspecified atom stereocenters. The predicted octanol–water partition coefficient (Wildman–Crippen LogP) is 3.32. The van der Waals surface area contributed by atoms with Gasteiger partial charge in [0.1, 0.15) is 0 Å². The van der Waals surface area contributed by atoms with Crippen molar-refractivity contribution in [2.24, 2.45) is 5.92 Å². The van der Waals surface area contributed by atoms with Crippen LogP contribution in [0.2, 0.25) is 0 Å². The van der Waals surface area contributed by atoms with Crippen LogP contribution in [0.5, 0.6) is 0 Å². The maximum Gasteiger partial charge on any atom is 0.407 e. The Morgan fingerprint density at radius 2 is 1.70 bits per heavy atom. The van der Waals surface area contributed by atoms with Crippen LogP contribution in [0.25, 0.3) is 0 Å². The molecule has 0 aliphatic heterocycles. The molecule has 0 spiro atoms. The van der Waals surface area contributed by atoms with Gasteiger partial charge in [-0.15, -0.1) is 0 Å². The zero-order valence-electron chi connectivity index (χ0n) is 10.6. The molecule has 0 bridgehead atoms. The van der Waals surface area contributed by atoms with E-state index in [1.807, 2.05) is 0 Å². The summed E-state index contributed by atoms with van der Waals surface area (Å²) in [6.45, 7) is 3.46. The number of hydrogen-bond donors (Lipinski definition) is 0. The maximum atomic E-state index is 12.3. The van der Waals surface area contributed by atoms with Gasteiger partial charge in [-0.3, -0.25) is 9.48 Å². The fourth-order valence-electron chi connectivity index (χ4n) is 1.59. The van der Waals surface area contributed by atoms with Gasteiger partial charge < -0.3 is 0 Å². The molecule has 1 heterocycles. The molecule has 1 rings (SSSR count). The Hall–Kier alpha value is -1.54. The van der Waals surface area contributed by atoms with Crippen LogP contribution >= 0.6 is 0 Å². The smallest absolute Gasteiger partial charge is 0.298 e. The molecular weight excluding hydrogens is 290 g/mol. The summed E-state index contributed by atoms with van der Waals surface area (Å²) in [4.78, 5) is 11.3. The Balaban J connectivity index is 2.92. The first-order valence-corrected chi connectivity index (χ1v) is 5.63. The highest BCUT2D eigenvalue weighted by Crippen LogP contribution is 2.40. The molecule has 0 saturated carbocycles. The van der Waals surface area contributed by atoms with Crippen LogP contribution in [0.4, 0.5) is 26.3 Å². The Morgan fingerprint density at radius 3 is 2.05 bits per heavy atom. The minimum absolute atomic E-state index is 0.111. The molecule has 0 aromatic carbocycles. The van der Waals surface area contributed by atoms with Gasteiger partial charge in [-0.1, -0.05) is 0 Å². The lowest BCUT2D eigenvalue weighted by Gasteiger charge is -2.21. The van der Waals surface area contributed by atoms with E-state index in [-0.39, 0.29) is 11.7 Å². The summed E-state index contributed by atoms with van der Waals surface area (Å²) in [6, 6.07) is 1.11. The van der Waals surface area contributed by atoms with Crippen LogP contribution in [0, 0.1) is 5.92 Å². The van der Waals surface area contributed by atoms with Crippen molar-refractivity contribution in [2.75, 3.05) is 0 Å². The molecule has 0 radical (unpaired) electrons. The molecule has 0 amide bonds. The van der Waals surface area contributed by atoms with Crippen LogP contribution in [0.1, 0.15) is 25.6 Å². The fraction of sp³-hybridized carbons (Fsp3) is 0.636. The van der Waals surface area contributed by atoms with E-state index in [9.17, 15) is 31.1 Å². The Labute approximate surface area is 110 Å². The average molecular weight is 302 g/mol. The summed E-state index contributed by atoms with van der Waals surface area (Å²) in [6.07, 6.45) is -10.9. The van der Waals surface area contributed by atoms with Crippen LogP contribution in [0.15, 0.2) is 12.3 Å². The SMILES string of the molecule is CC(C)n1ccc(CC(=O)C(C(F)(F)F)C(F)(F)F)n1. The van der Waals surface area contributed by atoms with Crippen molar-refractivity contribution in [3.63, 3.8) is 0 Å². The predicted molar refractivity (Wildman–Crippen MR) is 56.9 cm³/mol. The van der Waals surface area contributed by atoms with Crippen LogP contribution in [-0.2, 0) is 11.2 Å². The molecule has 0 N–H and O–H groups in total. The topological polar surface area (TPSA) is 34.9 Å². The number of halogens is 6. The third-order valence-electron chi connectivity index (χ3n) is 2.52. The highest BCUT2D eigenvalue weighted by atomic mass is 19.4. The summed E-state index contributed by atoms with van der Waals surface area (Å²) in [7, 11) is 0. The molecule has 0 fully saturated rings. The van der Waals surface area contributed by atoms with Crippen LogP contribution in [0.3, 0.4) is 0 Å². The summed E-state index contributed by atoms with van der Waals surface area (Å²) in [5.41, 5.74) is -0.123. The van der Waals surface area contributed by atoms with Crippen molar-refractivity contribution < 1.29 is 31.1 Å². The lowest BCUT2D eigenvalue weighted by Crippen LogP contribution is -2.43. The number of Topliss-reactive ketones (excluding diaryl/α,β-unsaturated/α-hetero) is 1. The zero-order valence-corrected chi connectivity index (χ0v) is 10.6. The summed E-state index contributed by atoms with van der Waals surface area (Å²) in [5, 5.41) is 3.76. The van der Waals surface area contributed by atoms with E-state index in [4.69, 9.17) is 0 Å². The lowest BCUT2D eigenvalue weighted by atomic mass is 9.99. The molecule has 0 saturated heterocycles. The van der Waals surface area contributed by atoms with E-state index < -0.39 is 30.5 Å². The van der Waals surface area contributed by atoms with Crippen molar-refractivity contribution >= 4 is 5.78 Å². The van der Waals surface area contributed by atoms with Gasteiger partial charge in [-0.25, -0.2) is 0 Å². The highest BCUT2D eigenvalue weighted by molar-refractivity contribution is 5.84. The van der Waals surface area contributed by atoms with E-state index >= 15 is 0 Å². The van der Waals surface area contributed by atoms with Gasteiger partial charge in [-0.2, -0.15) is 31.4 Å². The molecule has 20 heavy (non-hydrogen) atoms. The van der Waals surface area contributed by atoms with E-state index in [0.29, 0.717) is 0 Å². The first kappa shape index (κ1) is 16.5. The number of aromatic nitrogens is 2. The van der Waals surface area contributed by atoms with Gasteiger partial charge in [0.15, 0.2) is 5.78 Å². The van der Waals surface area contributed by atoms with Crippen molar-refractivity contribution in [1.29, 1.82) is 0 Å². The van der Waals surface area contributed by atoms with Gasteiger partial charge in [0.25, 0.3) is 0 Å². The molecule has 3 nitrogen and oxygen atoms in total. The van der Waals surface area contributed by atoms with Gasteiger partial charge >= 0.3 is 12.4 Å². The standard InChI is InChI=1S/C11H12F6N2O/c1-6(2)19-4-3-7(18-19)5-8(20)9(10(12,13)14)11(15,16)17/h3-4,6,9H,5H2,1-2H3. The van der Waals surface area contributed by atoms with Crippen LogP contribution < -0.4 is 0 Å². The molecule has 1 aromatic heterocycles. The summed E-state index contributed by atoms with van der Waals surface area (Å²) < 4.78 is 75.4. The highest BCUT2D eigenvalue weighted by Gasteiger charge is 2.60. The summed E-state index contributed by atoms with van der Waals surface area (Å²) in [5.74, 6) is -5.93. The minimum Gasteiger partial charge on any atom is -0.298 e. The minimum atomic E-state index is -5.66. The van der Waals surface area contributed by atoms with E-state index in [0.717, 1.165) is 0 Å². The third-order valence-corrected chi connectivity index (χ3v) is 2.52. The molecule has 0 aliphatic rings. The number of nitrogens with zero attached hydrogens (tertiary/aromatic N) is 2. The number of alkyl halides is 6. The first-order valence-electron chi connectivity index (χ1n) is 5.63. The Bertz CT molecular complexity index is 460.